The number of anilines is 1. The van der Waals surface area contributed by atoms with E-state index in [1.54, 1.807) is 12.3 Å². The fourth-order valence-corrected chi connectivity index (χ4v) is 2.92. The SMILES string of the molecule is Nc1ncc2c(n1)CCN(Cc1cc(-c3cccc(F)c3)no1)C2. The summed E-state index contributed by atoms with van der Waals surface area (Å²) in [5.74, 6) is 0.773. The van der Waals surface area contributed by atoms with Gasteiger partial charge < -0.3 is 10.3 Å². The van der Waals surface area contributed by atoms with Crippen LogP contribution < -0.4 is 5.73 Å². The average Bonchev–Trinajstić information content (AvgIpc) is 3.03. The number of halogens is 1. The summed E-state index contributed by atoms with van der Waals surface area (Å²) in [5, 5.41) is 4.04. The lowest BCUT2D eigenvalue weighted by molar-refractivity contribution is 0.213. The molecule has 3 aromatic rings. The van der Waals surface area contributed by atoms with Gasteiger partial charge in [0.05, 0.1) is 12.2 Å². The Bertz CT molecular complexity index is 879. The highest BCUT2D eigenvalue weighted by molar-refractivity contribution is 5.58. The third-order valence-corrected chi connectivity index (χ3v) is 4.09. The van der Waals surface area contributed by atoms with Crippen molar-refractivity contribution in [2.24, 2.45) is 0 Å². The maximum absolute atomic E-state index is 13.3. The minimum atomic E-state index is -0.288. The van der Waals surface area contributed by atoms with E-state index in [9.17, 15) is 4.39 Å². The molecule has 4 rings (SSSR count). The van der Waals surface area contributed by atoms with Gasteiger partial charge in [0.1, 0.15) is 11.5 Å². The molecule has 1 aliphatic rings. The summed E-state index contributed by atoms with van der Waals surface area (Å²) in [6.07, 6.45) is 2.61. The highest BCUT2D eigenvalue weighted by Gasteiger charge is 2.20. The van der Waals surface area contributed by atoms with Crippen molar-refractivity contribution in [2.75, 3.05) is 12.3 Å². The summed E-state index contributed by atoms with van der Waals surface area (Å²) in [7, 11) is 0. The highest BCUT2D eigenvalue weighted by Crippen LogP contribution is 2.23. The number of rotatable bonds is 3. The fraction of sp³-hybridized carbons (Fsp3) is 0.235. The van der Waals surface area contributed by atoms with Gasteiger partial charge in [-0.15, -0.1) is 0 Å². The van der Waals surface area contributed by atoms with Gasteiger partial charge >= 0.3 is 0 Å². The molecule has 2 N–H and O–H groups in total. The molecule has 0 spiro atoms. The van der Waals surface area contributed by atoms with Crippen LogP contribution in [0.3, 0.4) is 0 Å². The maximum atomic E-state index is 13.3. The monoisotopic (exact) mass is 325 g/mol. The number of nitrogen functional groups attached to an aromatic ring is 1. The zero-order chi connectivity index (χ0) is 16.5. The molecule has 0 saturated heterocycles. The van der Waals surface area contributed by atoms with Crippen LogP contribution in [0.5, 0.6) is 0 Å². The van der Waals surface area contributed by atoms with E-state index in [2.05, 4.69) is 20.0 Å². The lowest BCUT2D eigenvalue weighted by Crippen LogP contribution is -2.30. The second-order valence-corrected chi connectivity index (χ2v) is 5.85. The predicted octanol–water partition coefficient (Wildman–Crippen LogP) is 2.41. The summed E-state index contributed by atoms with van der Waals surface area (Å²) in [6.45, 7) is 2.23. The number of nitrogens with zero attached hydrogens (tertiary/aromatic N) is 4. The standard InChI is InChI=1S/C17H16FN5O/c18-13-3-1-2-11(6-13)16-7-14(24-22-16)10-23-5-4-15-12(9-23)8-20-17(19)21-15/h1-3,6-8H,4-5,9-10H2,(H2,19,20,21). The summed E-state index contributed by atoms with van der Waals surface area (Å²) < 4.78 is 18.7. The first-order valence-electron chi connectivity index (χ1n) is 7.71. The third-order valence-electron chi connectivity index (χ3n) is 4.09. The third kappa shape index (κ3) is 2.98. The van der Waals surface area contributed by atoms with Crippen LogP contribution in [-0.2, 0) is 19.5 Å². The van der Waals surface area contributed by atoms with Gasteiger partial charge in [-0.2, -0.15) is 0 Å². The Balaban J connectivity index is 1.48. The van der Waals surface area contributed by atoms with E-state index < -0.39 is 0 Å². The van der Waals surface area contributed by atoms with Crippen molar-refractivity contribution < 1.29 is 8.91 Å². The molecule has 1 aliphatic heterocycles. The number of nitrogens with two attached hydrogens (primary N) is 1. The highest BCUT2D eigenvalue weighted by atomic mass is 19.1. The second kappa shape index (κ2) is 6.01. The molecular weight excluding hydrogens is 309 g/mol. The minimum absolute atomic E-state index is 0.288. The van der Waals surface area contributed by atoms with Crippen LogP contribution in [0.1, 0.15) is 17.0 Å². The predicted molar refractivity (Wildman–Crippen MR) is 86.2 cm³/mol. The van der Waals surface area contributed by atoms with E-state index in [4.69, 9.17) is 10.3 Å². The normalized spacial score (nSPS) is 14.5. The molecule has 0 saturated carbocycles. The van der Waals surface area contributed by atoms with Crippen molar-refractivity contribution in [2.45, 2.75) is 19.5 Å². The summed E-state index contributed by atoms with van der Waals surface area (Å²) in [4.78, 5) is 10.6. The van der Waals surface area contributed by atoms with Gasteiger partial charge in [0.25, 0.3) is 0 Å². The lowest BCUT2D eigenvalue weighted by atomic mass is 10.1. The van der Waals surface area contributed by atoms with Gasteiger partial charge in [-0.3, -0.25) is 4.90 Å². The minimum Gasteiger partial charge on any atom is -0.368 e. The topological polar surface area (TPSA) is 81.1 Å². The maximum Gasteiger partial charge on any atom is 0.220 e. The van der Waals surface area contributed by atoms with Crippen LogP contribution in [0.25, 0.3) is 11.3 Å². The Morgan fingerprint density at radius 1 is 1.29 bits per heavy atom. The molecule has 24 heavy (non-hydrogen) atoms. The zero-order valence-corrected chi connectivity index (χ0v) is 12.9. The van der Waals surface area contributed by atoms with Crippen molar-refractivity contribution in [3.8, 4) is 11.3 Å². The van der Waals surface area contributed by atoms with Crippen LogP contribution in [0.2, 0.25) is 0 Å². The molecule has 0 fully saturated rings. The van der Waals surface area contributed by atoms with E-state index in [1.165, 1.54) is 12.1 Å². The molecule has 7 heteroatoms. The smallest absolute Gasteiger partial charge is 0.220 e. The summed E-state index contributed by atoms with van der Waals surface area (Å²) in [6, 6.07) is 8.17. The van der Waals surface area contributed by atoms with Gasteiger partial charge in [0.15, 0.2) is 5.76 Å². The van der Waals surface area contributed by atoms with Crippen molar-refractivity contribution in [1.82, 2.24) is 20.0 Å². The molecule has 0 aliphatic carbocycles. The molecule has 0 amide bonds. The fourth-order valence-electron chi connectivity index (χ4n) is 2.92. The summed E-state index contributed by atoms with van der Waals surface area (Å²) >= 11 is 0. The second-order valence-electron chi connectivity index (χ2n) is 5.85. The molecule has 0 bridgehead atoms. The van der Waals surface area contributed by atoms with E-state index in [0.717, 1.165) is 36.5 Å². The van der Waals surface area contributed by atoms with E-state index in [0.29, 0.717) is 23.8 Å². The number of hydrogen-bond donors (Lipinski definition) is 1. The number of benzene rings is 1. The molecule has 1 aromatic carbocycles. The zero-order valence-electron chi connectivity index (χ0n) is 12.9. The number of fused-ring (bicyclic) bond motifs is 1. The average molecular weight is 325 g/mol. The lowest BCUT2D eigenvalue weighted by Gasteiger charge is -2.26. The van der Waals surface area contributed by atoms with Gasteiger partial charge in [0.2, 0.25) is 5.95 Å². The number of hydrogen-bond acceptors (Lipinski definition) is 6. The van der Waals surface area contributed by atoms with E-state index >= 15 is 0 Å². The Hall–Kier alpha value is -2.80. The van der Waals surface area contributed by atoms with Crippen molar-refractivity contribution in [3.63, 3.8) is 0 Å². The first kappa shape index (κ1) is 14.8. The van der Waals surface area contributed by atoms with E-state index in [-0.39, 0.29) is 5.82 Å². The van der Waals surface area contributed by atoms with Gasteiger partial charge in [-0.1, -0.05) is 17.3 Å². The van der Waals surface area contributed by atoms with Gasteiger partial charge in [-0.25, -0.2) is 14.4 Å². The Kier molecular flexibility index (Phi) is 3.70. The summed E-state index contributed by atoms with van der Waals surface area (Å²) in [5.41, 5.74) is 9.06. The molecule has 0 atom stereocenters. The van der Waals surface area contributed by atoms with Crippen LogP contribution >= 0.6 is 0 Å². The molecule has 0 radical (unpaired) electrons. The molecule has 0 unspecified atom stereocenters. The van der Waals surface area contributed by atoms with Crippen LogP contribution in [0, 0.1) is 5.82 Å². The van der Waals surface area contributed by atoms with E-state index in [1.807, 2.05) is 12.1 Å². The first-order valence-corrected chi connectivity index (χ1v) is 7.71. The number of aromatic nitrogens is 3. The Labute approximate surface area is 138 Å². The molecule has 2 aromatic heterocycles. The van der Waals surface area contributed by atoms with Crippen molar-refractivity contribution in [3.05, 3.63) is 59.4 Å². The molecule has 3 heterocycles. The van der Waals surface area contributed by atoms with Gasteiger partial charge in [0, 0.05) is 42.9 Å². The molecular formula is C17H16FN5O. The molecule has 122 valence electrons. The Morgan fingerprint density at radius 2 is 2.21 bits per heavy atom. The largest absolute Gasteiger partial charge is 0.368 e. The van der Waals surface area contributed by atoms with Crippen LogP contribution in [-0.4, -0.2) is 26.6 Å². The van der Waals surface area contributed by atoms with Crippen LogP contribution in [0.15, 0.2) is 41.1 Å². The molecule has 6 nitrogen and oxygen atoms in total. The van der Waals surface area contributed by atoms with Gasteiger partial charge in [-0.05, 0) is 12.1 Å². The Morgan fingerprint density at radius 3 is 3.08 bits per heavy atom. The first-order chi connectivity index (χ1) is 11.7. The van der Waals surface area contributed by atoms with Crippen LogP contribution in [0.4, 0.5) is 10.3 Å². The van der Waals surface area contributed by atoms with Crippen molar-refractivity contribution >= 4 is 5.95 Å². The quantitative estimate of drug-likeness (QED) is 0.796. The van der Waals surface area contributed by atoms with Crippen molar-refractivity contribution in [1.29, 1.82) is 0 Å².